The van der Waals surface area contributed by atoms with Gasteiger partial charge in [-0.05, 0) is 6.42 Å². The molecular weight excluding hydrogens is 377 g/mol. The van der Waals surface area contributed by atoms with Crippen LogP contribution in [0.1, 0.15) is 104 Å². The van der Waals surface area contributed by atoms with Gasteiger partial charge in [0.05, 0.1) is 0 Å². The number of hydrogen-bond donors (Lipinski definition) is 1. The third-order valence-corrected chi connectivity index (χ3v) is 3.56. The Bertz CT molecular complexity index is 150. The zero-order valence-corrected chi connectivity index (χ0v) is 19.7. The Morgan fingerprint density at radius 3 is 1.12 bits per heavy atom. The number of nitrogens with zero attached hydrogens (tertiary/aromatic N) is 1. The van der Waals surface area contributed by atoms with E-state index >= 15 is 0 Å². The summed E-state index contributed by atoms with van der Waals surface area (Å²) in [6, 6.07) is 0. The number of aliphatic hydroxyl groups excluding tert-OH is 1. The Kier molecular flexibility index (Phi) is 59.3. The van der Waals surface area contributed by atoms with Crippen LogP contribution >= 0.6 is 24.8 Å². The summed E-state index contributed by atoms with van der Waals surface area (Å²) in [5.74, 6) is 0. The van der Waals surface area contributed by atoms with Gasteiger partial charge >= 0.3 is 0 Å². The SMILES string of the molecule is CCCCCCCC[N-]CCCCCCCC.CCCO.Cl.Cl.[Ti]. The van der Waals surface area contributed by atoms with E-state index in [1.54, 1.807) is 0 Å². The van der Waals surface area contributed by atoms with Gasteiger partial charge in [0.1, 0.15) is 0 Å². The van der Waals surface area contributed by atoms with Crippen LogP contribution in [0.4, 0.5) is 0 Å². The molecular formula is C19H44Cl2NOTi-. The minimum Gasteiger partial charge on any atom is -0.662 e. The Balaban J connectivity index is -0.000000154. The van der Waals surface area contributed by atoms with Crippen molar-refractivity contribution in [2.75, 3.05) is 19.7 Å². The molecule has 24 heavy (non-hydrogen) atoms. The van der Waals surface area contributed by atoms with Gasteiger partial charge in [-0.15, -0.1) is 37.9 Å². The van der Waals surface area contributed by atoms with E-state index in [1.165, 1.54) is 77.0 Å². The van der Waals surface area contributed by atoms with Crippen molar-refractivity contribution in [3.05, 3.63) is 5.32 Å². The molecule has 0 heterocycles. The molecule has 0 rings (SSSR count). The van der Waals surface area contributed by atoms with Crippen LogP contribution in [0.15, 0.2) is 0 Å². The zero-order chi connectivity index (χ0) is 16.0. The maximum Gasteiger partial charge on any atom is 0.0428 e. The van der Waals surface area contributed by atoms with E-state index in [2.05, 4.69) is 19.2 Å². The van der Waals surface area contributed by atoms with Gasteiger partial charge in [-0.25, -0.2) is 0 Å². The second-order valence-electron chi connectivity index (χ2n) is 5.93. The van der Waals surface area contributed by atoms with Crippen LogP contribution in [0.3, 0.4) is 0 Å². The van der Waals surface area contributed by atoms with E-state index in [1.807, 2.05) is 6.92 Å². The van der Waals surface area contributed by atoms with E-state index in [0.717, 1.165) is 19.5 Å². The predicted molar refractivity (Wildman–Crippen MR) is 112 cm³/mol. The van der Waals surface area contributed by atoms with Gasteiger partial charge < -0.3 is 10.4 Å². The van der Waals surface area contributed by atoms with Crippen LogP contribution in [0, 0.1) is 0 Å². The molecule has 0 saturated heterocycles. The number of rotatable bonds is 15. The molecule has 0 aromatic heterocycles. The van der Waals surface area contributed by atoms with Crippen LogP contribution in [-0.2, 0) is 21.7 Å². The van der Waals surface area contributed by atoms with Crippen LogP contribution in [-0.4, -0.2) is 24.8 Å². The summed E-state index contributed by atoms with van der Waals surface area (Å²) in [7, 11) is 0. The Hall–Kier alpha value is 1.21. The molecule has 0 aliphatic heterocycles. The van der Waals surface area contributed by atoms with Crippen LogP contribution in [0.2, 0.25) is 0 Å². The van der Waals surface area contributed by atoms with Crippen molar-refractivity contribution in [2.24, 2.45) is 0 Å². The summed E-state index contributed by atoms with van der Waals surface area (Å²) in [5, 5.41) is 12.5. The van der Waals surface area contributed by atoms with Crippen molar-refractivity contribution >= 4 is 24.8 Å². The third kappa shape index (κ3) is 43.6. The smallest absolute Gasteiger partial charge is 0.0428 e. The molecule has 0 aliphatic carbocycles. The number of halogens is 2. The number of unbranched alkanes of at least 4 members (excludes halogenated alkanes) is 10. The molecule has 0 aromatic carbocycles. The van der Waals surface area contributed by atoms with Crippen molar-refractivity contribution < 1.29 is 26.8 Å². The summed E-state index contributed by atoms with van der Waals surface area (Å²) >= 11 is 0. The van der Waals surface area contributed by atoms with Crippen molar-refractivity contribution in [3.63, 3.8) is 0 Å². The normalized spacial score (nSPS) is 9.00. The first-order valence-electron chi connectivity index (χ1n) is 9.57. The number of hydrogen-bond acceptors (Lipinski definition) is 1. The van der Waals surface area contributed by atoms with Crippen LogP contribution in [0.25, 0.3) is 5.32 Å². The molecule has 0 radical (unpaired) electrons. The largest absolute Gasteiger partial charge is 0.662 e. The molecule has 5 heteroatoms. The number of aliphatic hydroxyl groups is 1. The first-order valence-corrected chi connectivity index (χ1v) is 9.57. The van der Waals surface area contributed by atoms with Gasteiger partial charge in [-0.1, -0.05) is 97.8 Å². The summed E-state index contributed by atoms with van der Waals surface area (Å²) in [6.07, 6.45) is 17.5. The van der Waals surface area contributed by atoms with Gasteiger partial charge in [0.15, 0.2) is 0 Å². The molecule has 2 nitrogen and oxygen atoms in total. The zero-order valence-electron chi connectivity index (χ0n) is 16.5. The molecule has 1 N–H and O–H groups in total. The summed E-state index contributed by atoms with van der Waals surface area (Å²) < 4.78 is 0. The van der Waals surface area contributed by atoms with E-state index < -0.39 is 0 Å². The molecule has 0 atom stereocenters. The van der Waals surface area contributed by atoms with Crippen LogP contribution in [0.5, 0.6) is 0 Å². The fourth-order valence-corrected chi connectivity index (χ4v) is 2.12. The molecule has 0 amide bonds. The second kappa shape index (κ2) is 39.3. The monoisotopic (exact) mass is 420 g/mol. The minimum atomic E-state index is 0. The molecule has 0 aliphatic rings. The molecule has 0 saturated carbocycles. The molecule has 0 aromatic rings. The van der Waals surface area contributed by atoms with Crippen molar-refractivity contribution in [1.29, 1.82) is 0 Å². The topological polar surface area (TPSA) is 34.3 Å². The minimum absolute atomic E-state index is 0. The van der Waals surface area contributed by atoms with E-state index in [0.29, 0.717) is 6.61 Å². The van der Waals surface area contributed by atoms with Crippen molar-refractivity contribution in [1.82, 2.24) is 0 Å². The average Bonchev–Trinajstić information content (AvgIpc) is 2.52. The van der Waals surface area contributed by atoms with Gasteiger partial charge in [0, 0.05) is 28.3 Å². The standard InChI is InChI=1S/C16H34N.C3H8O.2ClH.Ti/c1-3-5-7-9-11-13-15-17-16-14-12-10-8-6-4-2;1-2-3-4;;;/h3-16H2,1-2H3;4H,2-3H2,1H3;2*1H;/q-1;;;;. The van der Waals surface area contributed by atoms with E-state index in [4.69, 9.17) is 5.11 Å². The first kappa shape index (κ1) is 36.2. The fraction of sp³-hybridized carbons (Fsp3) is 1.00. The first-order chi connectivity index (χ1) is 10.3. The fourth-order valence-electron chi connectivity index (χ4n) is 2.12. The Morgan fingerprint density at radius 1 is 0.542 bits per heavy atom. The maximum absolute atomic E-state index is 7.88. The van der Waals surface area contributed by atoms with Gasteiger partial charge in [0.2, 0.25) is 0 Å². The van der Waals surface area contributed by atoms with Gasteiger partial charge in [-0.2, -0.15) is 0 Å². The Labute approximate surface area is 180 Å². The molecule has 0 fully saturated rings. The van der Waals surface area contributed by atoms with Gasteiger partial charge in [0.25, 0.3) is 0 Å². The van der Waals surface area contributed by atoms with Crippen molar-refractivity contribution in [3.8, 4) is 0 Å². The summed E-state index contributed by atoms with van der Waals surface area (Å²) in [6.45, 7) is 9.02. The van der Waals surface area contributed by atoms with E-state index in [-0.39, 0.29) is 46.5 Å². The predicted octanol–water partition coefficient (Wildman–Crippen LogP) is 7.31. The van der Waals surface area contributed by atoms with Gasteiger partial charge in [-0.3, -0.25) is 0 Å². The second-order valence-corrected chi connectivity index (χ2v) is 5.93. The summed E-state index contributed by atoms with van der Waals surface area (Å²) in [4.78, 5) is 0. The maximum atomic E-state index is 7.88. The Morgan fingerprint density at radius 2 is 0.833 bits per heavy atom. The third-order valence-electron chi connectivity index (χ3n) is 3.56. The molecule has 150 valence electrons. The summed E-state index contributed by atoms with van der Waals surface area (Å²) in [5.41, 5.74) is 0. The van der Waals surface area contributed by atoms with E-state index in [9.17, 15) is 0 Å². The quantitative estimate of drug-likeness (QED) is 0.218. The average molecular weight is 421 g/mol. The van der Waals surface area contributed by atoms with Crippen molar-refractivity contribution in [2.45, 2.75) is 104 Å². The molecule has 0 spiro atoms. The van der Waals surface area contributed by atoms with Crippen LogP contribution < -0.4 is 0 Å². The molecule has 0 unspecified atom stereocenters. The molecule has 0 bridgehead atoms.